The molecular weight excluding hydrogens is 398 g/mol. The number of rotatable bonds is 11. The molecule has 3 N–H and O–H groups in total. The first-order valence-electron chi connectivity index (χ1n) is 10.4. The lowest BCUT2D eigenvalue weighted by Crippen LogP contribution is -2.27. The van der Waals surface area contributed by atoms with E-state index in [9.17, 15) is 9.59 Å². The Morgan fingerprint density at radius 1 is 1.16 bits per heavy atom. The lowest BCUT2D eigenvalue weighted by molar-refractivity contribution is -0.114. The second-order valence-electron chi connectivity index (χ2n) is 7.17. The molecular formula is C23H29N3O5. The van der Waals surface area contributed by atoms with Gasteiger partial charge in [-0.05, 0) is 43.2 Å². The number of ether oxygens (including phenoxy) is 3. The van der Waals surface area contributed by atoms with E-state index in [0.29, 0.717) is 42.4 Å². The van der Waals surface area contributed by atoms with Gasteiger partial charge in [0.2, 0.25) is 5.91 Å². The van der Waals surface area contributed by atoms with E-state index >= 15 is 0 Å². The molecule has 1 aliphatic rings. The maximum Gasteiger partial charge on any atom is 0.251 e. The second kappa shape index (κ2) is 11.9. The van der Waals surface area contributed by atoms with Crippen LogP contribution in [0.1, 0.15) is 23.2 Å². The Hall–Kier alpha value is -3.10. The van der Waals surface area contributed by atoms with Crippen molar-refractivity contribution in [3.05, 3.63) is 54.1 Å². The van der Waals surface area contributed by atoms with Gasteiger partial charge in [0.15, 0.2) is 0 Å². The van der Waals surface area contributed by atoms with E-state index in [2.05, 4.69) is 16.0 Å². The Bertz CT molecular complexity index is 868. The zero-order valence-corrected chi connectivity index (χ0v) is 17.7. The summed E-state index contributed by atoms with van der Waals surface area (Å²) in [6.45, 7) is 2.17. The van der Waals surface area contributed by atoms with Gasteiger partial charge in [-0.25, -0.2) is 0 Å². The number of benzene rings is 2. The van der Waals surface area contributed by atoms with Crippen LogP contribution in [-0.2, 0) is 14.3 Å². The number of carbonyl (C=O) groups excluding carboxylic acids is 2. The molecule has 166 valence electrons. The summed E-state index contributed by atoms with van der Waals surface area (Å²) in [5, 5.41) is 8.68. The molecule has 0 bridgehead atoms. The molecule has 0 aromatic heterocycles. The first-order valence-corrected chi connectivity index (χ1v) is 10.4. The first-order chi connectivity index (χ1) is 15.2. The average Bonchev–Trinajstić information content (AvgIpc) is 3.31. The van der Waals surface area contributed by atoms with Crippen molar-refractivity contribution in [2.24, 2.45) is 0 Å². The summed E-state index contributed by atoms with van der Waals surface area (Å²) in [4.78, 5) is 24.6. The van der Waals surface area contributed by atoms with Crippen molar-refractivity contribution in [2.75, 3.05) is 50.7 Å². The van der Waals surface area contributed by atoms with Gasteiger partial charge in [-0.3, -0.25) is 9.59 Å². The van der Waals surface area contributed by atoms with Crippen LogP contribution in [0.25, 0.3) is 0 Å². The first kappa shape index (κ1) is 22.6. The number of anilines is 2. The highest BCUT2D eigenvalue weighted by Gasteiger charge is 2.17. The van der Waals surface area contributed by atoms with Crippen LogP contribution in [0.15, 0.2) is 48.5 Å². The zero-order chi connectivity index (χ0) is 21.9. The Morgan fingerprint density at radius 2 is 2.03 bits per heavy atom. The summed E-state index contributed by atoms with van der Waals surface area (Å²) in [6, 6.07) is 14.3. The largest absolute Gasteiger partial charge is 0.489 e. The highest BCUT2D eigenvalue weighted by molar-refractivity contribution is 5.96. The number of nitrogens with one attached hydrogen (secondary N) is 3. The minimum absolute atomic E-state index is 0.0504. The van der Waals surface area contributed by atoms with Gasteiger partial charge in [-0.2, -0.15) is 0 Å². The van der Waals surface area contributed by atoms with E-state index in [-0.39, 0.29) is 24.5 Å². The molecule has 0 aliphatic carbocycles. The predicted molar refractivity (Wildman–Crippen MR) is 119 cm³/mol. The van der Waals surface area contributed by atoms with Gasteiger partial charge in [0.1, 0.15) is 12.4 Å². The number of hydrogen-bond acceptors (Lipinski definition) is 6. The summed E-state index contributed by atoms with van der Waals surface area (Å²) < 4.78 is 16.4. The molecule has 0 radical (unpaired) electrons. The minimum atomic E-state index is -0.219. The number of hydrogen-bond donors (Lipinski definition) is 3. The van der Waals surface area contributed by atoms with Gasteiger partial charge in [0.05, 0.1) is 24.9 Å². The predicted octanol–water partition coefficient (Wildman–Crippen LogP) is 2.67. The van der Waals surface area contributed by atoms with Crippen LogP contribution in [0, 0.1) is 0 Å². The third kappa shape index (κ3) is 7.27. The number of amides is 2. The van der Waals surface area contributed by atoms with Gasteiger partial charge in [0.25, 0.3) is 5.91 Å². The SMILES string of the molecule is COCCNC(=O)c1cccc(NCC(=O)Nc2ccccc2OCC2CCCO2)c1. The fraction of sp³-hybridized carbons (Fsp3) is 0.391. The molecule has 8 nitrogen and oxygen atoms in total. The van der Waals surface area contributed by atoms with Crippen molar-refractivity contribution < 1.29 is 23.8 Å². The number of methoxy groups -OCH3 is 1. The van der Waals surface area contributed by atoms with Crippen LogP contribution < -0.4 is 20.7 Å². The summed E-state index contributed by atoms with van der Waals surface area (Å²) in [5.41, 5.74) is 1.80. The van der Waals surface area contributed by atoms with Crippen molar-refractivity contribution in [3.8, 4) is 5.75 Å². The molecule has 0 saturated carbocycles. The van der Waals surface area contributed by atoms with Crippen LogP contribution >= 0.6 is 0 Å². The van der Waals surface area contributed by atoms with Crippen molar-refractivity contribution in [1.29, 1.82) is 0 Å². The molecule has 2 aromatic carbocycles. The van der Waals surface area contributed by atoms with Crippen molar-refractivity contribution in [3.63, 3.8) is 0 Å². The van der Waals surface area contributed by atoms with Crippen LogP contribution in [-0.4, -0.2) is 57.9 Å². The summed E-state index contributed by atoms with van der Waals surface area (Å²) in [7, 11) is 1.58. The monoisotopic (exact) mass is 427 g/mol. The van der Waals surface area contributed by atoms with Crippen LogP contribution in [0.3, 0.4) is 0 Å². The fourth-order valence-electron chi connectivity index (χ4n) is 3.17. The second-order valence-corrected chi connectivity index (χ2v) is 7.17. The molecule has 31 heavy (non-hydrogen) atoms. The molecule has 1 saturated heterocycles. The molecule has 1 atom stereocenters. The number of para-hydroxylation sites is 2. The van der Waals surface area contributed by atoms with Gasteiger partial charge < -0.3 is 30.2 Å². The topological polar surface area (TPSA) is 97.9 Å². The maximum absolute atomic E-state index is 12.4. The third-order valence-electron chi connectivity index (χ3n) is 4.78. The Morgan fingerprint density at radius 3 is 2.84 bits per heavy atom. The lowest BCUT2D eigenvalue weighted by Gasteiger charge is -2.15. The van der Waals surface area contributed by atoms with Crippen molar-refractivity contribution >= 4 is 23.2 Å². The van der Waals surface area contributed by atoms with Crippen LogP contribution in [0.4, 0.5) is 11.4 Å². The van der Waals surface area contributed by atoms with E-state index in [4.69, 9.17) is 14.2 Å². The Labute approximate surface area is 182 Å². The molecule has 1 aliphatic heterocycles. The van der Waals surface area contributed by atoms with Crippen molar-refractivity contribution in [2.45, 2.75) is 18.9 Å². The molecule has 2 aromatic rings. The van der Waals surface area contributed by atoms with E-state index in [1.165, 1.54) is 0 Å². The summed E-state index contributed by atoms with van der Waals surface area (Å²) in [6.07, 6.45) is 2.14. The summed E-state index contributed by atoms with van der Waals surface area (Å²) in [5.74, 6) is 0.201. The number of carbonyl (C=O) groups is 2. The van der Waals surface area contributed by atoms with E-state index in [0.717, 1.165) is 19.4 Å². The molecule has 0 spiro atoms. The van der Waals surface area contributed by atoms with E-state index in [1.54, 1.807) is 37.4 Å². The van der Waals surface area contributed by atoms with Crippen LogP contribution in [0.5, 0.6) is 5.75 Å². The summed E-state index contributed by atoms with van der Waals surface area (Å²) >= 11 is 0. The molecule has 2 amide bonds. The normalized spacial score (nSPS) is 15.3. The highest BCUT2D eigenvalue weighted by Crippen LogP contribution is 2.25. The average molecular weight is 428 g/mol. The quantitative estimate of drug-likeness (QED) is 0.477. The Balaban J connectivity index is 1.50. The van der Waals surface area contributed by atoms with Crippen molar-refractivity contribution in [1.82, 2.24) is 5.32 Å². The van der Waals surface area contributed by atoms with E-state index < -0.39 is 0 Å². The zero-order valence-electron chi connectivity index (χ0n) is 17.7. The smallest absolute Gasteiger partial charge is 0.251 e. The molecule has 1 heterocycles. The van der Waals surface area contributed by atoms with Gasteiger partial charge in [-0.15, -0.1) is 0 Å². The minimum Gasteiger partial charge on any atom is -0.489 e. The maximum atomic E-state index is 12.4. The molecule has 1 unspecified atom stereocenters. The standard InChI is InChI=1S/C23H29N3O5/c1-29-13-11-24-23(28)17-6-4-7-18(14-17)25-15-22(27)26-20-9-2-3-10-21(20)31-16-19-8-5-12-30-19/h2-4,6-7,9-10,14,19,25H,5,8,11-13,15-16H2,1H3,(H,24,28)(H,26,27). The van der Waals surface area contributed by atoms with Gasteiger partial charge in [-0.1, -0.05) is 18.2 Å². The molecule has 3 rings (SSSR count). The Kier molecular flexibility index (Phi) is 8.69. The van der Waals surface area contributed by atoms with Gasteiger partial charge in [0, 0.05) is 31.5 Å². The van der Waals surface area contributed by atoms with E-state index in [1.807, 2.05) is 18.2 Å². The van der Waals surface area contributed by atoms with Gasteiger partial charge >= 0.3 is 0 Å². The van der Waals surface area contributed by atoms with Crippen LogP contribution in [0.2, 0.25) is 0 Å². The fourth-order valence-corrected chi connectivity index (χ4v) is 3.17. The lowest BCUT2D eigenvalue weighted by atomic mass is 10.2. The molecule has 1 fully saturated rings. The highest BCUT2D eigenvalue weighted by atomic mass is 16.5. The molecule has 8 heteroatoms. The third-order valence-corrected chi connectivity index (χ3v) is 4.78.